The minimum Gasteiger partial charge on any atom is -0.448 e. The molecule has 4 atom stereocenters. The molecule has 0 unspecified atom stereocenters. The SMILES string of the molecule is CC1=C[C@@]23COC[C@@]24C=C[C@@H](O4)[C@H]1C(=O)O3. The smallest absolute Gasteiger partial charge is 0.317 e. The maximum absolute atomic E-state index is 12.0. The molecule has 0 aliphatic carbocycles. The second kappa shape index (κ2) is 2.41. The summed E-state index contributed by atoms with van der Waals surface area (Å²) in [5, 5.41) is 0. The lowest BCUT2D eigenvalue weighted by atomic mass is 9.79. The largest absolute Gasteiger partial charge is 0.448 e. The third kappa shape index (κ3) is 0.759. The number of esters is 1. The lowest BCUT2D eigenvalue weighted by molar-refractivity contribution is -0.164. The summed E-state index contributed by atoms with van der Waals surface area (Å²) in [7, 11) is 0. The van der Waals surface area contributed by atoms with Gasteiger partial charge in [0, 0.05) is 0 Å². The average molecular weight is 220 g/mol. The molecule has 4 bridgehead atoms. The Bertz CT molecular complexity index is 452. The van der Waals surface area contributed by atoms with E-state index in [4.69, 9.17) is 14.2 Å². The second-order valence-electron chi connectivity index (χ2n) is 5.00. The van der Waals surface area contributed by atoms with Crippen molar-refractivity contribution in [3.63, 3.8) is 0 Å². The van der Waals surface area contributed by atoms with E-state index in [1.54, 1.807) is 0 Å². The molecular weight excluding hydrogens is 208 g/mol. The van der Waals surface area contributed by atoms with Crippen LogP contribution in [0.1, 0.15) is 6.92 Å². The van der Waals surface area contributed by atoms with Gasteiger partial charge in [-0.2, -0.15) is 0 Å². The van der Waals surface area contributed by atoms with E-state index in [9.17, 15) is 4.79 Å². The van der Waals surface area contributed by atoms with Crippen molar-refractivity contribution in [3.05, 3.63) is 23.8 Å². The van der Waals surface area contributed by atoms with Gasteiger partial charge in [-0.05, 0) is 19.1 Å². The first-order valence-electron chi connectivity index (χ1n) is 5.53. The molecule has 4 heteroatoms. The summed E-state index contributed by atoms with van der Waals surface area (Å²) in [6.45, 7) is 2.82. The number of hydrogen-bond acceptors (Lipinski definition) is 4. The fourth-order valence-electron chi connectivity index (χ4n) is 3.26. The first-order valence-corrected chi connectivity index (χ1v) is 5.53. The van der Waals surface area contributed by atoms with E-state index < -0.39 is 11.2 Å². The van der Waals surface area contributed by atoms with Crippen LogP contribution in [0.15, 0.2) is 23.8 Å². The first-order chi connectivity index (χ1) is 7.66. The molecule has 5 aliphatic heterocycles. The van der Waals surface area contributed by atoms with Gasteiger partial charge in [0.25, 0.3) is 0 Å². The van der Waals surface area contributed by atoms with Crippen LogP contribution in [0.25, 0.3) is 0 Å². The Labute approximate surface area is 92.9 Å². The number of carbonyl (C=O) groups excluding carboxylic acids is 1. The van der Waals surface area contributed by atoms with Crippen molar-refractivity contribution in [2.75, 3.05) is 13.2 Å². The fraction of sp³-hybridized carbons (Fsp3) is 0.583. The van der Waals surface area contributed by atoms with E-state index in [1.807, 2.05) is 25.2 Å². The van der Waals surface area contributed by atoms with Crippen LogP contribution < -0.4 is 0 Å². The van der Waals surface area contributed by atoms with Crippen LogP contribution in [-0.2, 0) is 19.0 Å². The molecule has 5 heterocycles. The van der Waals surface area contributed by atoms with Crippen LogP contribution in [0.2, 0.25) is 0 Å². The molecule has 0 aromatic carbocycles. The van der Waals surface area contributed by atoms with Gasteiger partial charge < -0.3 is 14.2 Å². The Hall–Kier alpha value is -1.13. The van der Waals surface area contributed by atoms with Crippen molar-refractivity contribution in [2.24, 2.45) is 5.92 Å². The van der Waals surface area contributed by atoms with Gasteiger partial charge in [0.2, 0.25) is 0 Å². The van der Waals surface area contributed by atoms with Gasteiger partial charge >= 0.3 is 5.97 Å². The molecule has 0 radical (unpaired) electrons. The average Bonchev–Trinajstić information content (AvgIpc) is 2.70. The van der Waals surface area contributed by atoms with E-state index in [2.05, 4.69) is 0 Å². The van der Waals surface area contributed by atoms with Gasteiger partial charge in [0.15, 0.2) is 11.2 Å². The van der Waals surface area contributed by atoms with E-state index >= 15 is 0 Å². The van der Waals surface area contributed by atoms with Gasteiger partial charge in [0.1, 0.15) is 5.92 Å². The van der Waals surface area contributed by atoms with Gasteiger partial charge in [-0.25, -0.2) is 0 Å². The third-order valence-electron chi connectivity index (χ3n) is 4.07. The highest BCUT2D eigenvalue weighted by Crippen LogP contribution is 2.51. The number of carbonyl (C=O) groups is 1. The van der Waals surface area contributed by atoms with Crippen LogP contribution in [-0.4, -0.2) is 36.5 Å². The van der Waals surface area contributed by atoms with Crippen LogP contribution >= 0.6 is 0 Å². The van der Waals surface area contributed by atoms with Gasteiger partial charge in [-0.15, -0.1) is 0 Å². The van der Waals surface area contributed by atoms with Crippen molar-refractivity contribution in [1.82, 2.24) is 0 Å². The highest BCUT2D eigenvalue weighted by molar-refractivity contribution is 5.80. The van der Waals surface area contributed by atoms with Crippen LogP contribution in [0, 0.1) is 5.92 Å². The summed E-state index contributed by atoms with van der Waals surface area (Å²) < 4.78 is 17.1. The normalized spacial score (nSPS) is 52.3. The monoisotopic (exact) mass is 220 g/mol. The van der Waals surface area contributed by atoms with E-state index in [0.29, 0.717) is 13.2 Å². The number of hydrogen-bond donors (Lipinski definition) is 0. The van der Waals surface area contributed by atoms with Crippen molar-refractivity contribution in [2.45, 2.75) is 24.2 Å². The highest BCUT2D eigenvalue weighted by atomic mass is 16.6. The molecule has 5 aliphatic rings. The van der Waals surface area contributed by atoms with Crippen LogP contribution in [0.5, 0.6) is 0 Å². The van der Waals surface area contributed by atoms with Crippen molar-refractivity contribution >= 4 is 5.97 Å². The van der Waals surface area contributed by atoms with Crippen molar-refractivity contribution in [1.29, 1.82) is 0 Å². The number of fused-ring (bicyclic) bond motifs is 1. The van der Waals surface area contributed by atoms with Crippen LogP contribution in [0.3, 0.4) is 0 Å². The summed E-state index contributed by atoms with van der Waals surface area (Å²) >= 11 is 0. The minimum atomic E-state index is -0.730. The van der Waals surface area contributed by atoms with E-state index in [0.717, 1.165) is 5.57 Å². The Morgan fingerprint density at radius 1 is 1.38 bits per heavy atom. The Morgan fingerprint density at radius 2 is 2.19 bits per heavy atom. The predicted molar refractivity (Wildman–Crippen MR) is 53.6 cm³/mol. The maximum Gasteiger partial charge on any atom is 0.317 e. The molecule has 0 saturated carbocycles. The summed E-state index contributed by atoms with van der Waals surface area (Å²) in [5.41, 5.74) is -0.273. The molecule has 0 aromatic rings. The van der Waals surface area contributed by atoms with Crippen molar-refractivity contribution in [3.8, 4) is 0 Å². The van der Waals surface area contributed by atoms with Gasteiger partial charge in [0.05, 0.1) is 19.3 Å². The molecular formula is C12H12O4. The van der Waals surface area contributed by atoms with Crippen LogP contribution in [0.4, 0.5) is 0 Å². The molecule has 0 N–H and O–H groups in total. The van der Waals surface area contributed by atoms with Crippen molar-refractivity contribution < 1.29 is 19.0 Å². The molecule has 84 valence electrons. The Kier molecular flexibility index (Phi) is 1.35. The zero-order chi connectivity index (χ0) is 11.0. The molecule has 0 amide bonds. The Morgan fingerprint density at radius 3 is 3.00 bits per heavy atom. The summed E-state index contributed by atoms with van der Waals surface area (Å²) in [6.07, 6.45) is 5.82. The molecule has 2 saturated heterocycles. The molecule has 5 rings (SSSR count). The predicted octanol–water partition coefficient (Wildman–Crippen LogP) is 0.582. The standard InChI is InChI=1S/C12H12O4/c1-7-4-12-6-14-5-11(12)3-2-8(15-11)9(7)10(13)16-12/h2-4,8-9H,5-6H2,1H3/t8-,9+,11+,12-/m1/s1. The second-order valence-corrected chi connectivity index (χ2v) is 5.00. The zero-order valence-electron chi connectivity index (χ0n) is 8.93. The summed E-state index contributed by atoms with van der Waals surface area (Å²) in [6, 6.07) is 0. The molecule has 0 aromatic heterocycles. The quantitative estimate of drug-likeness (QED) is 0.442. The first kappa shape index (κ1) is 8.96. The molecule has 4 nitrogen and oxygen atoms in total. The highest BCUT2D eigenvalue weighted by Gasteiger charge is 2.66. The fourth-order valence-corrected chi connectivity index (χ4v) is 3.26. The lowest BCUT2D eigenvalue weighted by Gasteiger charge is -2.37. The number of ether oxygens (including phenoxy) is 3. The zero-order valence-corrected chi connectivity index (χ0v) is 8.93. The van der Waals surface area contributed by atoms with Gasteiger partial charge in [-0.3, -0.25) is 4.79 Å². The molecule has 2 spiro atoms. The van der Waals surface area contributed by atoms with Gasteiger partial charge in [-0.1, -0.05) is 11.6 Å². The van der Waals surface area contributed by atoms with E-state index in [1.165, 1.54) is 0 Å². The summed E-state index contributed by atoms with van der Waals surface area (Å²) in [4.78, 5) is 12.0. The van der Waals surface area contributed by atoms with E-state index in [-0.39, 0.29) is 18.0 Å². The number of rotatable bonds is 0. The molecule has 2 fully saturated rings. The maximum atomic E-state index is 12.0. The minimum absolute atomic E-state index is 0.179. The third-order valence-corrected chi connectivity index (χ3v) is 4.07. The summed E-state index contributed by atoms with van der Waals surface area (Å²) in [5.74, 6) is -0.450. The Balaban J connectivity index is 2.01. The lowest BCUT2D eigenvalue weighted by Crippen LogP contribution is -2.54. The topological polar surface area (TPSA) is 44.8 Å². The molecule has 16 heavy (non-hydrogen) atoms.